The van der Waals surface area contributed by atoms with Crippen molar-refractivity contribution in [3.05, 3.63) is 46.4 Å². The van der Waals surface area contributed by atoms with Crippen LogP contribution in [0.25, 0.3) is 0 Å². The lowest BCUT2D eigenvalue weighted by molar-refractivity contribution is 0.0920. The standard InChI is InChI=1S/C15H19N5O2/c1-2-8-20-14(21)6-4-12(18-20)15(22)17-11-3-5-13-16-7-9-19(13)10-11/h4,6-7,9,11H,2-3,5,8,10H2,1H3,(H,17,22). The minimum atomic E-state index is -0.238. The predicted octanol–water partition coefficient (Wildman–Crippen LogP) is 0.595. The van der Waals surface area contributed by atoms with Crippen LogP contribution >= 0.6 is 0 Å². The first-order chi connectivity index (χ1) is 10.7. The van der Waals surface area contributed by atoms with Gasteiger partial charge in [-0.25, -0.2) is 9.67 Å². The first kappa shape index (κ1) is 14.5. The molecule has 0 bridgehead atoms. The highest BCUT2D eigenvalue weighted by atomic mass is 16.2. The molecule has 0 radical (unpaired) electrons. The minimum Gasteiger partial charge on any atom is -0.346 e. The van der Waals surface area contributed by atoms with E-state index in [9.17, 15) is 9.59 Å². The Hall–Kier alpha value is -2.44. The summed E-state index contributed by atoms with van der Waals surface area (Å²) < 4.78 is 3.39. The number of carbonyl (C=O) groups excluding carboxylic acids is 1. The molecule has 1 atom stereocenters. The molecular formula is C15H19N5O2. The van der Waals surface area contributed by atoms with Gasteiger partial charge in [0.2, 0.25) is 0 Å². The molecule has 2 aromatic rings. The molecule has 1 N–H and O–H groups in total. The zero-order valence-corrected chi connectivity index (χ0v) is 12.5. The molecule has 7 nitrogen and oxygen atoms in total. The third-order valence-electron chi connectivity index (χ3n) is 3.81. The third-order valence-corrected chi connectivity index (χ3v) is 3.81. The van der Waals surface area contributed by atoms with E-state index >= 15 is 0 Å². The second-order valence-corrected chi connectivity index (χ2v) is 5.48. The van der Waals surface area contributed by atoms with Crippen molar-refractivity contribution in [3.8, 4) is 0 Å². The van der Waals surface area contributed by atoms with Gasteiger partial charge in [0.15, 0.2) is 0 Å². The van der Waals surface area contributed by atoms with Crippen molar-refractivity contribution < 1.29 is 4.79 Å². The zero-order valence-electron chi connectivity index (χ0n) is 12.5. The van der Waals surface area contributed by atoms with Gasteiger partial charge in [0.05, 0.1) is 0 Å². The highest BCUT2D eigenvalue weighted by Crippen LogP contribution is 2.13. The summed E-state index contributed by atoms with van der Waals surface area (Å²) in [5.74, 6) is 0.818. The van der Waals surface area contributed by atoms with E-state index in [4.69, 9.17) is 0 Å². The van der Waals surface area contributed by atoms with E-state index in [1.807, 2.05) is 13.1 Å². The molecular weight excluding hydrogens is 282 g/mol. The number of hydrogen-bond donors (Lipinski definition) is 1. The fraction of sp³-hybridized carbons (Fsp3) is 0.467. The van der Waals surface area contributed by atoms with E-state index in [1.165, 1.54) is 16.8 Å². The van der Waals surface area contributed by atoms with E-state index in [0.717, 1.165) is 31.6 Å². The largest absolute Gasteiger partial charge is 0.346 e. The zero-order chi connectivity index (χ0) is 15.5. The number of fused-ring (bicyclic) bond motifs is 1. The van der Waals surface area contributed by atoms with E-state index in [1.54, 1.807) is 6.20 Å². The van der Waals surface area contributed by atoms with Gasteiger partial charge in [0, 0.05) is 44.0 Å². The second-order valence-electron chi connectivity index (χ2n) is 5.48. The summed E-state index contributed by atoms with van der Waals surface area (Å²) in [6, 6.07) is 2.93. The lowest BCUT2D eigenvalue weighted by atomic mass is 10.1. The molecule has 7 heteroatoms. The molecule has 116 valence electrons. The Morgan fingerprint density at radius 2 is 2.32 bits per heavy atom. The molecule has 3 rings (SSSR count). The first-order valence-electron chi connectivity index (χ1n) is 7.56. The maximum atomic E-state index is 12.3. The van der Waals surface area contributed by atoms with Crippen molar-refractivity contribution in [1.29, 1.82) is 0 Å². The monoisotopic (exact) mass is 301 g/mol. The predicted molar refractivity (Wildman–Crippen MR) is 80.6 cm³/mol. The Bertz CT molecular complexity index is 734. The second kappa shape index (κ2) is 6.13. The van der Waals surface area contributed by atoms with Gasteiger partial charge >= 0.3 is 0 Å². The van der Waals surface area contributed by atoms with Crippen molar-refractivity contribution in [2.75, 3.05) is 0 Å². The average molecular weight is 301 g/mol. The van der Waals surface area contributed by atoms with Crippen molar-refractivity contribution in [3.63, 3.8) is 0 Å². The Morgan fingerprint density at radius 3 is 3.14 bits per heavy atom. The molecule has 22 heavy (non-hydrogen) atoms. The number of hydrogen-bond acceptors (Lipinski definition) is 4. The van der Waals surface area contributed by atoms with Crippen molar-refractivity contribution >= 4 is 5.91 Å². The van der Waals surface area contributed by atoms with Gasteiger partial charge in [-0.3, -0.25) is 9.59 Å². The van der Waals surface area contributed by atoms with Crippen LogP contribution < -0.4 is 10.9 Å². The minimum absolute atomic E-state index is 0.0579. The average Bonchev–Trinajstić information content (AvgIpc) is 2.97. The number of nitrogens with zero attached hydrogens (tertiary/aromatic N) is 4. The molecule has 1 amide bonds. The molecule has 1 aliphatic heterocycles. The highest BCUT2D eigenvalue weighted by molar-refractivity contribution is 5.92. The molecule has 0 saturated carbocycles. The van der Waals surface area contributed by atoms with Crippen LogP contribution in [-0.2, 0) is 19.5 Å². The van der Waals surface area contributed by atoms with Crippen LogP contribution in [0.1, 0.15) is 36.1 Å². The Balaban J connectivity index is 1.70. The number of nitrogens with one attached hydrogen (secondary N) is 1. The summed E-state index contributed by atoms with van der Waals surface area (Å²) >= 11 is 0. The van der Waals surface area contributed by atoms with Gasteiger partial charge in [-0.15, -0.1) is 0 Å². The quantitative estimate of drug-likeness (QED) is 0.896. The first-order valence-corrected chi connectivity index (χ1v) is 7.56. The summed E-state index contributed by atoms with van der Waals surface area (Å²) in [4.78, 5) is 28.2. The van der Waals surface area contributed by atoms with Gasteiger partial charge in [-0.05, 0) is 18.9 Å². The van der Waals surface area contributed by atoms with Crippen molar-refractivity contribution in [1.82, 2.24) is 24.6 Å². The SMILES string of the molecule is CCCn1nc(C(=O)NC2CCc3nccn3C2)ccc1=O. The number of rotatable bonds is 4. The fourth-order valence-electron chi connectivity index (χ4n) is 2.69. The van der Waals surface area contributed by atoms with E-state index in [0.29, 0.717) is 6.54 Å². The highest BCUT2D eigenvalue weighted by Gasteiger charge is 2.21. The molecule has 3 heterocycles. The van der Waals surface area contributed by atoms with Crippen LogP contribution in [0, 0.1) is 0 Å². The molecule has 0 fully saturated rings. The number of aromatic nitrogens is 4. The van der Waals surface area contributed by atoms with E-state index in [2.05, 4.69) is 20.0 Å². The van der Waals surface area contributed by atoms with Gasteiger partial charge in [-0.1, -0.05) is 6.92 Å². The van der Waals surface area contributed by atoms with Crippen LogP contribution in [0.5, 0.6) is 0 Å². The maximum Gasteiger partial charge on any atom is 0.272 e. The van der Waals surface area contributed by atoms with Crippen LogP contribution in [-0.4, -0.2) is 31.3 Å². The maximum absolute atomic E-state index is 12.3. The third kappa shape index (κ3) is 2.93. The van der Waals surface area contributed by atoms with Gasteiger partial charge in [0.1, 0.15) is 11.5 Å². The van der Waals surface area contributed by atoms with E-state index < -0.39 is 0 Å². The van der Waals surface area contributed by atoms with Crippen LogP contribution in [0.4, 0.5) is 0 Å². The van der Waals surface area contributed by atoms with Crippen molar-refractivity contribution in [2.45, 2.75) is 45.3 Å². The Labute approximate surface area is 128 Å². The van der Waals surface area contributed by atoms with Gasteiger partial charge in [0.25, 0.3) is 11.5 Å². The van der Waals surface area contributed by atoms with Gasteiger partial charge in [-0.2, -0.15) is 5.10 Å². The molecule has 1 aliphatic rings. The summed E-state index contributed by atoms with van der Waals surface area (Å²) in [6.07, 6.45) is 6.21. The number of amides is 1. The van der Waals surface area contributed by atoms with Gasteiger partial charge < -0.3 is 9.88 Å². The van der Waals surface area contributed by atoms with E-state index in [-0.39, 0.29) is 23.2 Å². The smallest absolute Gasteiger partial charge is 0.272 e. The molecule has 0 aromatic carbocycles. The lowest BCUT2D eigenvalue weighted by Crippen LogP contribution is -2.41. The molecule has 2 aromatic heterocycles. The summed E-state index contributed by atoms with van der Waals surface area (Å²) in [5, 5.41) is 7.12. The topological polar surface area (TPSA) is 81.8 Å². The summed E-state index contributed by atoms with van der Waals surface area (Å²) in [7, 11) is 0. The Morgan fingerprint density at radius 1 is 1.45 bits per heavy atom. The number of aryl methyl sites for hydroxylation is 2. The molecule has 1 unspecified atom stereocenters. The molecule has 0 spiro atoms. The van der Waals surface area contributed by atoms with Crippen LogP contribution in [0.15, 0.2) is 29.3 Å². The Kier molecular flexibility index (Phi) is 4.04. The molecule has 0 aliphatic carbocycles. The number of imidazole rings is 1. The van der Waals surface area contributed by atoms with Crippen LogP contribution in [0.3, 0.4) is 0 Å². The fourth-order valence-corrected chi connectivity index (χ4v) is 2.69. The summed E-state index contributed by atoms with van der Waals surface area (Å²) in [6.45, 7) is 3.20. The summed E-state index contributed by atoms with van der Waals surface area (Å²) in [5.41, 5.74) is 0.101. The number of carbonyl (C=O) groups is 1. The normalized spacial score (nSPS) is 17.0. The lowest BCUT2D eigenvalue weighted by Gasteiger charge is -2.24. The van der Waals surface area contributed by atoms with Crippen LogP contribution in [0.2, 0.25) is 0 Å². The molecule has 0 saturated heterocycles. The van der Waals surface area contributed by atoms with Crippen molar-refractivity contribution in [2.24, 2.45) is 0 Å².